The Bertz CT molecular complexity index is 504. The van der Waals surface area contributed by atoms with Gasteiger partial charge in [-0.2, -0.15) is 13.2 Å². The van der Waals surface area contributed by atoms with E-state index in [2.05, 4.69) is 9.72 Å². The number of hydrogen-bond acceptors (Lipinski definition) is 3. The van der Waals surface area contributed by atoms with E-state index in [9.17, 15) is 26.7 Å². The van der Waals surface area contributed by atoms with Crippen LogP contribution in [0.5, 0.6) is 0 Å². The largest absolute Gasteiger partial charge is 0.466 e. The second-order valence-corrected chi connectivity index (χ2v) is 4.02. The van der Waals surface area contributed by atoms with E-state index >= 15 is 0 Å². The zero-order chi connectivity index (χ0) is 15.5. The molecule has 0 aliphatic heterocycles. The van der Waals surface area contributed by atoms with E-state index < -0.39 is 47.0 Å². The van der Waals surface area contributed by atoms with Crippen molar-refractivity contribution in [2.45, 2.75) is 25.9 Å². The van der Waals surface area contributed by atoms with Gasteiger partial charge in [0.1, 0.15) is 5.69 Å². The third kappa shape index (κ3) is 4.03. The van der Waals surface area contributed by atoms with Gasteiger partial charge in [-0.15, -0.1) is 0 Å². The molecule has 112 valence electrons. The molecular formula is C11H9ClF5NO2. The molecule has 0 saturated heterocycles. The van der Waals surface area contributed by atoms with E-state index in [1.165, 1.54) is 6.92 Å². The lowest BCUT2D eigenvalue weighted by Crippen LogP contribution is -2.15. The van der Waals surface area contributed by atoms with Gasteiger partial charge in [-0.05, 0) is 13.0 Å². The van der Waals surface area contributed by atoms with Crippen LogP contribution in [0.4, 0.5) is 22.0 Å². The molecule has 0 atom stereocenters. The van der Waals surface area contributed by atoms with Crippen LogP contribution in [0.1, 0.15) is 30.3 Å². The van der Waals surface area contributed by atoms with Crippen LogP contribution in [0, 0.1) is 0 Å². The topological polar surface area (TPSA) is 39.2 Å². The van der Waals surface area contributed by atoms with E-state index in [-0.39, 0.29) is 12.7 Å². The third-order valence-corrected chi connectivity index (χ3v) is 2.63. The summed E-state index contributed by atoms with van der Waals surface area (Å²) in [5.74, 6) is -0.901. The number of halogens is 6. The summed E-state index contributed by atoms with van der Waals surface area (Å²) in [6.45, 7) is 1.49. The van der Waals surface area contributed by atoms with E-state index in [4.69, 9.17) is 11.6 Å². The van der Waals surface area contributed by atoms with Crippen molar-refractivity contribution < 1.29 is 31.5 Å². The first-order valence-corrected chi connectivity index (χ1v) is 5.74. The number of ether oxygens (including phenoxy) is 1. The molecule has 1 aromatic rings. The molecule has 1 rings (SSSR count). The second-order valence-electron chi connectivity index (χ2n) is 3.64. The Morgan fingerprint density at radius 2 is 2.05 bits per heavy atom. The molecule has 1 aromatic heterocycles. The van der Waals surface area contributed by atoms with Gasteiger partial charge in [-0.3, -0.25) is 4.79 Å². The molecule has 0 amide bonds. The normalized spacial score (nSPS) is 11.8. The van der Waals surface area contributed by atoms with Crippen molar-refractivity contribution in [2.75, 3.05) is 6.61 Å². The Morgan fingerprint density at radius 3 is 2.50 bits per heavy atom. The number of aromatic nitrogens is 1. The monoisotopic (exact) mass is 317 g/mol. The van der Waals surface area contributed by atoms with E-state index in [0.717, 1.165) is 0 Å². The van der Waals surface area contributed by atoms with Gasteiger partial charge in [0, 0.05) is 5.56 Å². The quantitative estimate of drug-likeness (QED) is 0.626. The van der Waals surface area contributed by atoms with Crippen LogP contribution in [0.25, 0.3) is 0 Å². The van der Waals surface area contributed by atoms with Crippen LogP contribution in [0.15, 0.2) is 6.07 Å². The van der Waals surface area contributed by atoms with E-state index in [1.54, 1.807) is 0 Å². The Morgan fingerprint density at radius 1 is 1.45 bits per heavy atom. The molecule has 0 spiro atoms. The second kappa shape index (κ2) is 6.34. The lowest BCUT2D eigenvalue weighted by Gasteiger charge is -2.13. The number of hydrogen-bond donors (Lipinski definition) is 0. The first-order valence-electron chi connectivity index (χ1n) is 5.37. The molecule has 0 radical (unpaired) electrons. The third-order valence-electron chi connectivity index (χ3n) is 2.20. The van der Waals surface area contributed by atoms with Crippen molar-refractivity contribution in [2.24, 2.45) is 0 Å². The molecule has 3 nitrogen and oxygen atoms in total. The van der Waals surface area contributed by atoms with Crippen molar-refractivity contribution >= 4 is 17.6 Å². The molecule has 1 heterocycles. The molecule has 0 aliphatic rings. The summed E-state index contributed by atoms with van der Waals surface area (Å²) < 4.78 is 67.5. The molecular weight excluding hydrogens is 309 g/mol. The summed E-state index contributed by atoms with van der Waals surface area (Å²) in [5, 5.41) is -0.666. The number of rotatable bonds is 4. The standard InChI is InChI=1S/C11H9ClF5NO2/c1-2-20-8(19)4-6-9(12)5(10(13)14)3-7(18-6)11(15,16)17/h3,10H,2,4H2,1H3. The molecule has 20 heavy (non-hydrogen) atoms. The van der Waals surface area contributed by atoms with Gasteiger partial charge in [-0.25, -0.2) is 13.8 Å². The van der Waals surface area contributed by atoms with Crippen molar-refractivity contribution in [3.05, 3.63) is 28.0 Å². The smallest absolute Gasteiger partial charge is 0.433 e. The fourth-order valence-corrected chi connectivity index (χ4v) is 1.62. The minimum Gasteiger partial charge on any atom is -0.466 e. The minimum absolute atomic E-state index is 0.00286. The van der Waals surface area contributed by atoms with Crippen molar-refractivity contribution in [1.29, 1.82) is 0 Å². The Balaban J connectivity index is 3.28. The van der Waals surface area contributed by atoms with Crippen LogP contribution in [0.2, 0.25) is 5.02 Å². The van der Waals surface area contributed by atoms with Gasteiger partial charge in [0.05, 0.1) is 23.7 Å². The maximum Gasteiger partial charge on any atom is 0.433 e. The lowest BCUT2D eigenvalue weighted by atomic mass is 10.1. The Kier molecular flexibility index (Phi) is 5.27. The van der Waals surface area contributed by atoms with Crippen LogP contribution < -0.4 is 0 Å². The number of pyridine rings is 1. The van der Waals surface area contributed by atoms with Gasteiger partial charge in [0.15, 0.2) is 0 Å². The minimum atomic E-state index is -4.92. The van der Waals surface area contributed by atoms with Crippen molar-refractivity contribution in [1.82, 2.24) is 4.98 Å². The molecule has 0 unspecified atom stereocenters. The van der Waals surface area contributed by atoms with Gasteiger partial charge in [0.2, 0.25) is 0 Å². The number of esters is 1. The first-order chi connectivity index (χ1) is 9.16. The van der Waals surface area contributed by atoms with Gasteiger partial charge in [0.25, 0.3) is 6.43 Å². The highest BCUT2D eigenvalue weighted by Crippen LogP contribution is 2.35. The Hall–Kier alpha value is -1.44. The summed E-state index contributed by atoms with van der Waals surface area (Å²) in [6.07, 6.45) is -8.85. The van der Waals surface area contributed by atoms with Crippen LogP contribution >= 0.6 is 11.6 Å². The lowest BCUT2D eigenvalue weighted by molar-refractivity contribution is -0.144. The number of carbonyl (C=O) groups excluding carboxylic acids is 1. The van der Waals surface area contributed by atoms with Gasteiger partial charge < -0.3 is 4.74 Å². The molecule has 0 aromatic carbocycles. The van der Waals surface area contributed by atoms with Crippen LogP contribution in [0.3, 0.4) is 0 Å². The number of nitrogens with zero attached hydrogens (tertiary/aromatic N) is 1. The number of alkyl halides is 5. The average molecular weight is 318 g/mol. The zero-order valence-electron chi connectivity index (χ0n) is 10.1. The van der Waals surface area contributed by atoms with E-state index in [0.29, 0.717) is 0 Å². The van der Waals surface area contributed by atoms with Crippen LogP contribution in [-0.2, 0) is 22.1 Å². The summed E-state index contributed by atoms with van der Waals surface area (Å²) in [5.41, 5.74) is -3.14. The molecule has 9 heteroatoms. The number of carbonyl (C=O) groups is 1. The highest BCUT2D eigenvalue weighted by atomic mass is 35.5. The fraction of sp³-hybridized carbons (Fsp3) is 0.455. The SMILES string of the molecule is CCOC(=O)Cc1nc(C(F)(F)F)cc(C(F)F)c1Cl. The fourth-order valence-electron chi connectivity index (χ4n) is 1.37. The average Bonchev–Trinajstić information content (AvgIpc) is 2.30. The molecule has 0 bridgehead atoms. The molecule has 0 aliphatic carbocycles. The molecule has 0 fully saturated rings. The Labute approximate surface area is 115 Å². The summed E-state index contributed by atoms with van der Waals surface area (Å²) >= 11 is 5.55. The highest BCUT2D eigenvalue weighted by molar-refractivity contribution is 6.32. The van der Waals surface area contributed by atoms with Gasteiger partial charge in [-0.1, -0.05) is 11.6 Å². The zero-order valence-corrected chi connectivity index (χ0v) is 10.9. The summed E-state index contributed by atoms with van der Waals surface area (Å²) in [4.78, 5) is 14.3. The maximum absolute atomic E-state index is 12.7. The predicted octanol–water partition coefficient (Wildman–Crippen LogP) is 3.80. The van der Waals surface area contributed by atoms with Crippen molar-refractivity contribution in [3.8, 4) is 0 Å². The maximum atomic E-state index is 12.7. The van der Waals surface area contributed by atoms with Gasteiger partial charge >= 0.3 is 12.1 Å². The summed E-state index contributed by atoms with van der Waals surface area (Å²) in [7, 11) is 0. The predicted molar refractivity (Wildman–Crippen MR) is 59.5 cm³/mol. The highest BCUT2D eigenvalue weighted by Gasteiger charge is 2.35. The van der Waals surface area contributed by atoms with Crippen LogP contribution in [-0.4, -0.2) is 17.6 Å². The van der Waals surface area contributed by atoms with Crippen molar-refractivity contribution in [3.63, 3.8) is 0 Å². The summed E-state index contributed by atoms with van der Waals surface area (Å²) in [6, 6.07) is 0.168. The van der Waals surface area contributed by atoms with E-state index in [1.807, 2.05) is 0 Å². The first kappa shape index (κ1) is 16.6. The molecule has 0 N–H and O–H groups in total. The molecule has 0 saturated carbocycles.